The van der Waals surface area contributed by atoms with Gasteiger partial charge in [-0.25, -0.2) is 4.98 Å². The van der Waals surface area contributed by atoms with Gasteiger partial charge < -0.3 is 18.8 Å². The maximum atomic E-state index is 13.0. The molecule has 0 fully saturated rings. The highest BCUT2D eigenvalue weighted by Crippen LogP contribution is 2.31. The first-order valence-electron chi connectivity index (χ1n) is 8.65. The van der Waals surface area contributed by atoms with Crippen molar-refractivity contribution in [1.29, 1.82) is 0 Å². The second kappa shape index (κ2) is 7.17. The summed E-state index contributed by atoms with van der Waals surface area (Å²) in [5, 5.41) is 0. The van der Waals surface area contributed by atoms with Crippen LogP contribution in [-0.2, 0) is 6.42 Å². The first-order valence-corrected chi connectivity index (χ1v) is 8.65. The Morgan fingerprint density at radius 2 is 2.04 bits per heavy atom. The van der Waals surface area contributed by atoms with E-state index in [0.29, 0.717) is 42.7 Å². The molecule has 0 spiro atoms. The number of carbonyl (C=O) groups excluding carboxylic acids is 1. The van der Waals surface area contributed by atoms with Crippen LogP contribution >= 0.6 is 0 Å². The fourth-order valence-corrected chi connectivity index (χ4v) is 2.83. The van der Waals surface area contributed by atoms with Crippen LogP contribution in [0.5, 0.6) is 11.5 Å². The van der Waals surface area contributed by atoms with Crippen molar-refractivity contribution in [1.82, 2.24) is 9.88 Å². The van der Waals surface area contributed by atoms with Crippen molar-refractivity contribution in [2.24, 2.45) is 0 Å². The highest BCUT2D eigenvalue weighted by molar-refractivity contribution is 5.92. The first kappa shape index (κ1) is 17.3. The number of amides is 1. The Bertz CT molecular complexity index is 754. The third-order valence-electron chi connectivity index (χ3n) is 4.19. The van der Waals surface area contributed by atoms with Crippen LogP contribution in [0.3, 0.4) is 0 Å². The summed E-state index contributed by atoms with van der Waals surface area (Å²) in [6, 6.07) is 7.56. The van der Waals surface area contributed by atoms with E-state index in [1.165, 1.54) is 0 Å². The van der Waals surface area contributed by atoms with E-state index >= 15 is 0 Å². The van der Waals surface area contributed by atoms with E-state index in [0.717, 1.165) is 5.75 Å². The third kappa shape index (κ3) is 3.62. The molecule has 0 saturated carbocycles. The molecule has 1 aliphatic rings. The molecule has 0 N–H and O–H groups in total. The minimum atomic E-state index is -0.227. The van der Waals surface area contributed by atoms with Gasteiger partial charge in [-0.2, -0.15) is 0 Å². The molecule has 1 aromatic heterocycles. The van der Waals surface area contributed by atoms with Gasteiger partial charge in [-0.3, -0.25) is 4.79 Å². The summed E-state index contributed by atoms with van der Waals surface area (Å²) < 4.78 is 17.4. The van der Waals surface area contributed by atoms with Gasteiger partial charge in [-0.05, 0) is 32.9 Å². The first-order chi connectivity index (χ1) is 12.0. The van der Waals surface area contributed by atoms with Gasteiger partial charge >= 0.3 is 0 Å². The lowest BCUT2D eigenvalue weighted by atomic mass is 10.2. The molecule has 2 aromatic rings. The van der Waals surface area contributed by atoms with Gasteiger partial charge in [-0.15, -0.1) is 0 Å². The number of para-hydroxylation sites is 2. The number of benzene rings is 1. The van der Waals surface area contributed by atoms with Crippen molar-refractivity contribution in [3.05, 3.63) is 41.6 Å². The Morgan fingerprint density at radius 1 is 1.32 bits per heavy atom. The smallest absolute Gasteiger partial charge is 0.291 e. The van der Waals surface area contributed by atoms with Crippen LogP contribution in [0.1, 0.15) is 42.9 Å². The number of oxazole rings is 1. The molecule has 0 radical (unpaired) electrons. The normalized spacial score (nSPS) is 16.1. The molecular formula is C19H24N2O4. The number of aromatic nitrogens is 1. The molecule has 6 heteroatoms. The summed E-state index contributed by atoms with van der Waals surface area (Å²) in [7, 11) is 0. The topological polar surface area (TPSA) is 64.8 Å². The standard InChI is InChI=1S/C19H24N2O4/c1-5-17-20-13(4)18(25-17)19(22)21(12(2)3)10-14-11-23-15-8-6-7-9-16(15)24-14/h6-9,12,14H,5,10-11H2,1-4H3. The second-order valence-corrected chi connectivity index (χ2v) is 6.42. The Morgan fingerprint density at radius 3 is 2.68 bits per heavy atom. The lowest BCUT2D eigenvalue weighted by Gasteiger charge is -2.33. The minimum absolute atomic E-state index is 0.00264. The lowest BCUT2D eigenvalue weighted by Crippen LogP contribution is -2.46. The van der Waals surface area contributed by atoms with Gasteiger partial charge in [0.05, 0.1) is 12.2 Å². The van der Waals surface area contributed by atoms with Crippen LogP contribution < -0.4 is 9.47 Å². The molecule has 6 nitrogen and oxygen atoms in total. The van der Waals surface area contributed by atoms with E-state index in [-0.39, 0.29) is 18.1 Å². The summed E-state index contributed by atoms with van der Waals surface area (Å²) in [5.41, 5.74) is 0.624. The molecule has 1 amide bonds. The Balaban J connectivity index is 1.76. The zero-order valence-electron chi connectivity index (χ0n) is 15.1. The van der Waals surface area contributed by atoms with Crippen molar-refractivity contribution in [3.63, 3.8) is 0 Å². The number of carbonyl (C=O) groups is 1. The number of hydrogen-bond donors (Lipinski definition) is 0. The molecule has 1 aliphatic heterocycles. The molecule has 134 valence electrons. The number of ether oxygens (including phenoxy) is 2. The van der Waals surface area contributed by atoms with Gasteiger partial charge in [0.15, 0.2) is 23.5 Å². The summed E-state index contributed by atoms with van der Waals surface area (Å²) in [4.78, 5) is 19.0. The second-order valence-electron chi connectivity index (χ2n) is 6.42. The van der Waals surface area contributed by atoms with Crippen molar-refractivity contribution >= 4 is 5.91 Å². The predicted octanol–water partition coefficient (Wildman–Crippen LogP) is 3.24. The quantitative estimate of drug-likeness (QED) is 0.833. The molecule has 0 bridgehead atoms. The summed E-state index contributed by atoms with van der Waals surface area (Å²) >= 11 is 0. The van der Waals surface area contributed by atoms with Crippen LogP contribution in [0.15, 0.2) is 28.7 Å². The summed E-state index contributed by atoms with van der Waals surface area (Å²) in [6.07, 6.45) is 0.432. The van der Waals surface area contributed by atoms with Gasteiger partial charge in [0, 0.05) is 12.5 Å². The minimum Gasteiger partial charge on any atom is -0.486 e. The number of rotatable bonds is 5. The molecule has 1 aromatic carbocycles. The Kier molecular flexibility index (Phi) is 4.97. The monoisotopic (exact) mass is 344 g/mol. The van der Waals surface area contributed by atoms with Crippen molar-refractivity contribution in [2.75, 3.05) is 13.2 Å². The van der Waals surface area contributed by atoms with Crippen molar-refractivity contribution in [2.45, 2.75) is 46.3 Å². The van der Waals surface area contributed by atoms with E-state index in [1.807, 2.05) is 45.0 Å². The molecule has 2 heterocycles. The zero-order valence-corrected chi connectivity index (χ0v) is 15.1. The molecular weight excluding hydrogens is 320 g/mol. The van der Waals surface area contributed by atoms with E-state index in [1.54, 1.807) is 11.8 Å². The Labute approximate surface area is 147 Å². The van der Waals surface area contributed by atoms with Crippen LogP contribution in [0.4, 0.5) is 0 Å². The van der Waals surface area contributed by atoms with Gasteiger partial charge in [0.2, 0.25) is 5.76 Å². The average Bonchev–Trinajstić information content (AvgIpc) is 2.99. The molecule has 1 atom stereocenters. The lowest BCUT2D eigenvalue weighted by molar-refractivity contribution is 0.0371. The van der Waals surface area contributed by atoms with E-state index in [2.05, 4.69) is 4.98 Å². The highest BCUT2D eigenvalue weighted by atomic mass is 16.6. The largest absolute Gasteiger partial charge is 0.486 e. The number of hydrogen-bond acceptors (Lipinski definition) is 5. The van der Waals surface area contributed by atoms with Crippen molar-refractivity contribution < 1.29 is 18.7 Å². The van der Waals surface area contributed by atoms with E-state index < -0.39 is 0 Å². The molecule has 0 aliphatic carbocycles. The van der Waals surface area contributed by atoms with Crippen LogP contribution in [0.2, 0.25) is 0 Å². The fourth-order valence-electron chi connectivity index (χ4n) is 2.83. The van der Waals surface area contributed by atoms with Gasteiger partial charge in [-0.1, -0.05) is 19.1 Å². The van der Waals surface area contributed by atoms with Gasteiger partial charge in [0.1, 0.15) is 6.61 Å². The predicted molar refractivity (Wildman–Crippen MR) is 93.1 cm³/mol. The maximum Gasteiger partial charge on any atom is 0.291 e. The molecule has 25 heavy (non-hydrogen) atoms. The number of fused-ring (bicyclic) bond motifs is 1. The van der Waals surface area contributed by atoms with Crippen LogP contribution in [-0.4, -0.2) is 41.1 Å². The maximum absolute atomic E-state index is 13.0. The highest BCUT2D eigenvalue weighted by Gasteiger charge is 2.30. The fraction of sp³-hybridized carbons (Fsp3) is 0.474. The van der Waals surface area contributed by atoms with E-state index in [4.69, 9.17) is 13.9 Å². The van der Waals surface area contributed by atoms with Crippen LogP contribution in [0.25, 0.3) is 0 Å². The number of aryl methyl sites for hydroxylation is 2. The third-order valence-corrected chi connectivity index (χ3v) is 4.19. The Hall–Kier alpha value is -2.50. The summed E-state index contributed by atoms with van der Waals surface area (Å²) in [5.74, 6) is 2.17. The molecule has 1 unspecified atom stereocenters. The number of nitrogens with zero attached hydrogens (tertiary/aromatic N) is 2. The van der Waals surface area contributed by atoms with Gasteiger partial charge in [0.25, 0.3) is 5.91 Å². The SMILES string of the molecule is CCc1nc(C)c(C(=O)N(CC2COc3ccccc3O2)C(C)C)o1. The molecule has 3 rings (SSSR count). The average molecular weight is 344 g/mol. The van der Waals surface area contributed by atoms with E-state index in [9.17, 15) is 4.79 Å². The summed E-state index contributed by atoms with van der Waals surface area (Å²) in [6.45, 7) is 8.52. The van der Waals surface area contributed by atoms with Crippen molar-refractivity contribution in [3.8, 4) is 11.5 Å². The van der Waals surface area contributed by atoms with Crippen LogP contribution in [0, 0.1) is 6.92 Å². The zero-order chi connectivity index (χ0) is 18.0. The molecule has 0 saturated heterocycles.